The van der Waals surface area contributed by atoms with Crippen molar-refractivity contribution < 1.29 is 9.53 Å². The van der Waals surface area contributed by atoms with Gasteiger partial charge in [-0.1, -0.05) is 17.7 Å². The number of methoxy groups -OCH3 is 1. The van der Waals surface area contributed by atoms with E-state index in [0.717, 1.165) is 11.3 Å². The van der Waals surface area contributed by atoms with E-state index in [9.17, 15) is 4.79 Å². The van der Waals surface area contributed by atoms with Gasteiger partial charge < -0.3 is 15.4 Å². The second-order valence-electron chi connectivity index (χ2n) is 4.84. The number of aryl methyl sites for hydroxylation is 1. The van der Waals surface area contributed by atoms with E-state index in [4.69, 9.17) is 4.74 Å². The van der Waals surface area contributed by atoms with E-state index in [1.165, 1.54) is 5.56 Å². The Labute approximate surface area is 108 Å². The molecule has 4 nitrogen and oxygen atoms in total. The van der Waals surface area contributed by atoms with Crippen LogP contribution in [-0.4, -0.2) is 25.6 Å². The van der Waals surface area contributed by atoms with Gasteiger partial charge >= 0.3 is 0 Å². The highest BCUT2D eigenvalue weighted by molar-refractivity contribution is 5.78. The number of hydrogen-bond acceptors (Lipinski definition) is 3. The quantitative estimate of drug-likeness (QED) is 0.850. The second kappa shape index (κ2) is 5.40. The predicted molar refractivity (Wildman–Crippen MR) is 70.7 cm³/mol. The Bertz CT molecular complexity index is 445. The van der Waals surface area contributed by atoms with Crippen molar-refractivity contribution in [1.82, 2.24) is 10.6 Å². The van der Waals surface area contributed by atoms with Crippen molar-refractivity contribution in [3.63, 3.8) is 0 Å². The van der Waals surface area contributed by atoms with E-state index in [1.54, 1.807) is 7.11 Å². The van der Waals surface area contributed by atoms with Crippen molar-refractivity contribution in [2.75, 3.05) is 13.7 Å². The fraction of sp³-hybridized carbons (Fsp3) is 0.500. The maximum absolute atomic E-state index is 11.2. The van der Waals surface area contributed by atoms with Crippen LogP contribution >= 0.6 is 0 Å². The Morgan fingerprint density at radius 1 is 1.50 bits per heavy atom. The highest BCUT2D eigenvalue weighted by atomic mass is 16.5. The summed E-state index contributed by atoms with van der Waals surface area (Å²) >= 11 is 0. The van der Waals surface area contributed by atoms with Gasteiger partial charge in [0.2, 0.25) is 5.91 Å². The van der Waals surface area contributed by atoms with Crippen molar-refractivity contribution in [2.45, 2.75) is 32.4 Å². The zero-order chi connectivity index (χ0) is 13.1. The van der Waals surface area contributed by atoms with E-state index in [0.29, 0.717) is 13.0 Å². The van der Waals surface area contributed by atoms with Crippen molar-refractivity contribution >= 4 is 5.91 Å². The van der Waals surface area contributed by atoms with Crippen molar-refractivity contribution in [1.29, 1.82) is 0 Å². The molecule has 0 bridgehead atoms. The summed E-state index contributed by atoms with van der Waals surface area (Å²) < 4.78 is 5.38. The number of rotatable bonds is 4. The predicted octanol–water partition coefficient (Wildman–Crippen LogP) is 1.54. The summed E-state index contributed by atoms with van der Waals surface area (Å²) in [4.78, 5) is 11.2. The van der Waals surface area contributed by atoms with E-state index >= 15 is 0 Å². The van der Waals surface area contributed by atoms with Gasteiger partial charge in [0.25, 0.3) is 0 Å². The molecule has 1 aromatic carbocycles. The molecule has 0 aliphatic carbocycles. The van der Waals surface area contributed by atoms with Gasteiger partial charge in [0.1, 0.15) is 5.75 Å². The Balaban J connectivity index is 2.10. The minimum Gasteiger partial charge on any atom is -0.496 e. The maximum Gasteiger partial charge on any atom is 0.221 e. The highest BCUT2D eigenvalue weighted by Crippen LogP contribution is 2.26. The largest absolute Gasteiger partial charge is 0.496 e. The average Bonchev–Trinajstić information content (AvgIpc) is 2.74. The van der Waals surface area contributed by atoms with E-state index in [1.807, 2.05) is 12.1 Å². The number of carbonyl (C=O) groups excluding carboxylic acids is 1. The smallest absolute Gasteiger partial charge is 0.221 e. The summed E-state index contributed by atoms with van der Waals surface area (Å²) in [6, 6.07) is 6.52. The fourth-order valence-corrected chi connectivity index (χ4v) is 2.36. The molecule has 2 unspecified atom stereocenters. The first-order valence-corrected chi connectivity index (χ1v) is 6.27. The van der Waals surface area contributed by atoms with Crippen LogP contribution in [0.25, 0.3) is 0 Å². The summed E-state index contributed by atoms with van der Waals surface area (Å²) in [5.74, 6) is 1.01. The molecule has 2 rings (SSSR count). The van der Waals surface area contributed by atoms with Gasteiger partial charge in [0, 0.05) is 30.6 Å². The van der Waals surface area contributed by atoms with Crippen molar-refractivity contribution in [2.24, 2.45) is 0 Å². The molecule has 1 aromatic rings. The van der Waals surface area contributed by atoms with Gasteiger partial charge in [-0.3, -0.25) is 4.79 Å². The molecule has 2 atom stereocenters. The lowest BCUT2D eigenvalue weighted by molar-refractivity contribution is -0.119. The molecule has 1 heterocycles. The van der Waals surface area contributed by atoms with Crippen LogP contribution in [0.4, 0.5) is 0 Å². The normalized spacial score (nSPS) is 20.6. The Kier molecular flexibility index (Phi) is 3.87. The number of ether oxygens (including phenoxy) is 1. The molecule has 2 N–H and O–H groups in total. The molecule has 1 aliphatic heterocycles. The van der Waals surface area contributed by atoms with Crippen LogP contribution in [0.1, 0.15) is 30.5 Å². The van der Waals surface area contributed by atoms with Crippen LogP contribution in [-0.2, 0) is 4.79 Å². The van der Waals surface area contributed by atoms with Gasteiger partial charge in [-0.15, -0.1) is 0 Å². The number of hydrogen-bond donors (Lipinski definition) is 2. The van der Waals surface area contributed by atoms with Crippen LogP contribution in [0.15, 0.2) is 18.2 Å². The standard InChI is InChI=1S/C14H20N2O2/c1-9-4-5-13(18-3)12(6-9)10(2)16-11-7-14(17)15-8-11/h4-6,10-11,16H,7-8H2,1-3H3,(H,15,17). The molecule has 1 amide bonds. The Morgan fingerprint density at radius 3 is 2.89 bits per heavy atom. The zero-order valence-corrected chi connectivity index (χ0v) is 11.1. The van der Waals surface area contributed by atoms with Crippen LogP contribution < -0.4 is 15.4 Å². The Hall–Kier alpha value is -1.55. The molecule has 0 radical (unpaired) electrons. The molecular weight excluding hydrogens is 228 g/mol. The van der Waals surface area contributed by atoms with Crippen molar-refractivity contribution in [3.8, 4) is 5.75 Å². The summed E-state index contributed by atoms with van der Waals surface area (Å²) in [6.07, 6.45) is 0.554. The summed E-state index contributed by atoms with van der Waals surface area (Å²) in [6.45, 7) is 4.87. The van der Waals surface area contributed by atoms with Gasteiger partial charge in [-0.2, -0.15) is 0 Å². The summed E-state index contributed by atoms with van der Waals surface area (Å²) in [5.41, 5.74) is 2.34. The number of amides is 1. The number of carbonyl (C=O) groups is 1. The molecule has 0 spiro atoms. The molecule has 1 saturated heterocycles. The van der Waals surface area contributed by atoms with Gasteiger partial charge in [-0.05, 0) is 19.9 Å². The number of nitrogens with one attached hydrogen (secondary N) is 2. The third kappa shape index (κ3) is 2.82. The maximum atomic E-state index is 11.2. The fourth-order valence-electron chi connectivity index (χ4n) is 2.36. The first kappa shape index (κ1) is 12.9. The van der Waals surface area contributed by atoms with Crippen molar-refractivity contribution in [3.05, 3.63) is 29.3 Å². The summed E-state index contributed by atoms with van der Waals surface area (Å²) in [7, 11) is 1.68. The second-order valence-corrected chi connectivity index (χ2v) is 4.84. The minimum absolute atomic E-state index is 0.121. The Morgan fingerprint density at radius 2 is 2.28 bits per heavy atom. The molecule has 1 aliphatic rings. The lowest BCUT2D eigenvalue weighted by Crippen LogP contribution is -2.33. The van der Waals surface area contributed by atoms with Crippen LogP contribution in [0.5, 0.6) is 5.75 Å². The third-order valence-electron chi connectivity index (χ3n) is 3.31. The molecular formula is C14H20N2O2. The average molecular weight is 248 g/mol. The van der Waals surface area contributed by atoms with E-state index in [-0.39, 0.29) is 18.0 Å². The first-order chi connectivity index (χ1) is 8.60. The number of benzene rings is 1. The van der Waals surface area contributed by atoms with Gasteiger partial charge in [0.05, 0.1) is 7.11 Å². The third-order valence-corrected chi connectivity index (χ3v) is 3.31. The SMILES string of the molecule is COc1ccc(C)cc1C(C)NC1CNC(=O)C1. The first-order valence-electron chi connectivity index (χ1n) is 6.27. The molecule has 1 fully saturated rings. The molecule has 0 aromatic heterocycles. The molecule has 4 heteroatoms. The molecule has 98 valence electrons. The lowest BCUT2D eigenvalue weighted by Gasteiger charge is -2.21. The lowest BCUT2D eigenvalue weighted by atomic mass is 10.0. The highest BCUT2D eigenvalue weighted by Gasteiger charge is 2.23. The van der Waals surface area contributed by atoms with Gasteiger partial charge in [-0.25, -0.2) is 0 Å². The van der Waals surface area contributed by atoms with Crippen LogP contribution in [0.3, 0.4) is 0 Å². The molecule has 0 saturated carbocycles. The topological polar surface area (TPSA) is 50.4 Å². The molecule has 18 heavy (non-hydrogen) atoms. The van der Waals surface area contributed by atoms with Crippen LogP contribution in [0.2, 0.25) is 0 Å². The minimum atomic E-state index is 0.121. The zero-order valence-electron chi connectivity index (χ0n) is 11.1. The van der Waals surface area contributed by atoms with E-state index < -0.39 is 0 Å². The van der Waals surface area contributed by atoms with Crippen LogP contribution in [0, 0.1) is 6.92 Å². The van der Waals surface area contributed by atoms with E-state index in [2.05, 4.69) is 30.5 Å². The monoisotopic (exact) mass is 248 g/mol. The summed E-state index contributed by atoms with van der Waals surface area (Å²) in [5, 5.41) is 6.30. The van der Waals surface area contributed by atoms with Gasteiger partial charge in [0.15, 0.2) is 0 Å².